The first-order chi connectivity index (χ1) is 15.9. The summed E-state index contributed by atoms with van der Waals surface area (Å²) in [7, 11) is 1.54. The number of rotatable bonds is 4. The number of benzene rings is 3. The van der Waals surface area contributed by atoms with Gasteiger partial charge in [0.05, 0.1) is 24.5 Å². The summed E-state index contributed by atoms with van der Waals surface area (Å²) in [6, 6.07) is 17.7. The molecule has 2 heterocycles. The standard InChI is InChI=1S/C24H18BrClN2O5/c1-32-17-9-7-15(8-10-17)27-23(30)20-21(18-12-13(25)2-11-19(18)29)28(33-22(20)24(27)31)16-5-3-14(26)4-6-16/h2-12,20-22,29H,1H3/t20-,21-,22+/m0/s1. The van der Waals surface area contributed by atoms with E-state index in [4.69, 9.17) is 21.2 Å². The lowest BCUT2D eigenvalue weighted by atomic mass is 9.90. The summed E-state index contributed by atoms with van der Waals surface area (Å²) in [6.07, 6.45) is -1.04. The predicted molar refractivity (Wildman–Crippen MR) is 126 cm³/mol. The fourth-order valence-electron chi connectivity index (χ4n) is 4.29. The summed E-state index contributed by atoms with van der Waals surface area (Å²) < 4.78 is 5.89. The van der Waals surface area contributed by atoms with E-state index in [1.54, 1.807) is 67.8 Å². The Bertz CT molecular complexity index is 1230. The Kier molecular flexibility index (Phi) is 5.52. The molecule has 0 aliphatic carbocycles. The lowest BCUT2D eigenvalue weighted by Gasteiger charge is -2.29. The van der Waals surface area contributed by atoms with Crippen molar-refractivity contribution in [2.75, 3.05) is 17.1 Å². The van der Waals surface area contributed by atoms with Crippen LogP contribution in [0.25, 0.3) is 0 Å². The van der Waals surface area contributed by atoms with Gasteiger partial charge in [0.2, 0.25) is 5.91 Å². The number of imide groups is 1. The third-order valence-corrected chi connectivity index (χ3v) is 6.58. The Balaban J connectivity index is 1.59. The van der Waals surface area contributed by atoms with E-state index in [1.807, 2.05) is 0 Å². The Labute approximate surface area is 203 Å². The smallest absolute Gasteiger partial charge is 0.266 e. The third kappa shape index (κ3) is 3.64. The number of ether oxygens (including phenoxy) is 1. The average molecular weight is 530 g/mol. The number of carbonyl (C=O) groups excluding carboxylic acids is 2. The van der Waals surface area contributed by atoms with E-state index >= 15 is 0 Å². The molecule has 0 spiro atoms. The second-order valence-electron chi connectivity index (χ2n) is 7.71. The van der Waals surface area contributed by atoms with Gasteiger partial charge in [0.25, 0.3) is 5.91 Å². The van der Waals surface area contributed by atoms with E-state index in [0.29, 0.717) is 27.7 Å². The molecular formula is C24H18BrClN2O5. The molecule has 3 aromatic rings. The van der Waals surface area contributed by atoms with Crippen LogP contribution in [0, 0.1) is 5.92 Å². The molecule has 1 N–H and O–H groups in total. The molecule has 0 bridgehead atoms. The lowest BCUT2D eigenvalue weighted by molar-refractivity contribution is -0.126. The van der Waals surface area contributed by atoms with Crippen molar-refractivity contribution >= 4 is 50.7 Å². The molecule has 2 aliphatic heterocycles. The molecule has 2 aliphatic rings. The minimum atomic E-state index is -1.04. The van der Waals surface area contributed by atoms with E-state index in [-0.39, 0.29) is 5.75 Å². The van der Waals surface area contributed by atoms with Crippen LogP contribution >= 0.6 is 27.5 Å². The molecule has 7 nitrogen and oxygen atoms in total. The minimum absolute atomic E-state index is 0.00504. The summed E-state index contributed by atoms with van der Waals surface area (Å²) >= 11 is 9.47. The van der Waals surface area contributed by atoms with Crippen molar-refractivity contribution in [3.8, 4) is 11.5 Å². The number of phenols is 1. The molecule has 2 amide bonds. The number of amides is 2. The second kappa shape index (κ2) is 8.37. The van der Waals surface area contributed by atoms with E-state index < -0.39 is 29.9 Å². The van der Waals surface area contributed by atoms with Crippen LogP contribution in [0.4, 0.5) is 11.4 Å². The predicted octanol–water partition coefficient (Wildman–Crippen LogP) is 4.87. The first kappa shape index (κ1) is 21.8. The summed E-state index contributed by atoms with van der Waals surface area (Å²) in [5.74, 6) is -1.13. The maximum absolute atomic E-state index is 13.6. The molecule has 0 aromatic heterocycles. The van der Waals surface area contributed by atoms with Crippen molar-refractivity contribution in [1.82, 2.24) is 0 Å². The van der Waals surface area contributed by atoms with Gasteiger partial charge in [-0.2, -0.15) is 0 Å². The SMILES string of the molecule is COc1ccc(N2C(=O)[C@@H]3[C@@H](ON(c4ccc(Cl)cc4)[C@H]3c3cc(Br)ccc3O)C2=O)cc1. The minimum Gasteiger partial charge on any atom is -0.508 e. The number of hydrogen-bond acceptors (Lipinski definition) is 6. The van der Waals surface area contributed by atoms with Gasteiger partial charge in [-0.1, -0.05) is 27.5 Å². The fraction of sp³-hybridized carbons (Fsp3) is 0.167. The van der Waals surface area contributed by atoms with Crippen molar-refractivity contribution in [3.05, 3.63) is 81.8 Å². The molecule has 2 saturated heterocycles. The molecule has 0 unspecified atom stereocenters. The Hall–Kier alpha value is -3.07. The van der Waals surface area contributed by atoms with Crippen molar-refractivity contribution < 1.29 is 24.3 Å². The molecule has 0 saturated carbocycles. The number of anilines is 2. The number of methoxy groups -OCH3 is 1. The van der Waals surface area contributed by atoms with E-state index in [2.05, 4.69) is 15.9 Å². The molecule has 168 valence electrons. The summed E-state index contributed by atoms with van der Waals surface area (Å²) in [5, 5.41) is 12.7. The monoisotopic (exact) mass is 528 g/mol. The number of hydroxylamine groups is 1. The lowest BCUT2D eigenvalue weighted by Crippen LogP contribution is -2.37. The summed E-state index contributed by atoms with van der Waals surface area (Å²) in [6.45, 7) is 0. The number of phenolic OH excluding ortho intramolecular Hbond substituents is 1. The highest BCUT2D eigenvalue weighted by Crippen LogP contribution is 2.49. The zero-order chi connectivity index (χ0) is 23.3. The number of fused-ring (bicyclic) bond motifs is 1. The van der Waals surface area contributed by atoms with Crippen LogP contribution in [-0.4, -0.2) is 30.1 Å². The molecule has 3 aromatic carbocycles. The van der Waals surface area contributed by atoms with Crippen molar-refractivity contribution in [2.45, 2.75) is 12.1 Å². The maximum atomic E-state index is 13.6. The summed E-state index contributed by atoms with van der Waals surface area (Å²) in [4.78, 5) is 34.2. The van der Waals surface area contributed by atoms with Gasteiger partial charge in [0.1, 0.15) is 17.4 Å². The van der Waals surface area contributed by atoms with E-state index in [0.717, 1.165) is 9.37 Å². The highest BCUT2D eigenvalue weighted by Gasteiger charge is 2.60. The fourth-order valence-corrected chi connectivity index (χ4v) is 4.80. The second-order valence-corrected chi connectivity index (χ2v) is 9.06. The van der Waals surface area contributed by atoms with Crippen LogP contribution in [0.1, 0.15) is 11.6 Å². The zero-order valence-corrected chi connectivity index (χ0v) is 19.7. The van der Waals surface area contributed by atoms with Crippen molar-refractivity contribution in [3.63, 3.8) is 0 Å². The van der Waals surface area contributed by atoms with Crippen LogP contribution in [0.2, 0.25) is 5.02 Å². The number of carbonyl (C=O) groups is 2. The molecule has 2 fully saturated rings. The first-order valence-corrected chi connectivity index (χ1v) is 11.3. The van der Waals surface area contributed by atoms with Crippen molar-refractivity contribution in [2.24, 2.45) is 5.92 Å². The number of aromatic hydroxyl groups is 1. The quantitative estimate of drug-likeness (QED) is 0.486. The molecule has 0 radical (unpaired) electrons. The molecule has 9 heteroatoms. The Morgan fingerprint density at radius 3 is 2.30 bits per heavy atom. The molecule has 3 atom stereocenters. The van der Waals surface area contributed by atoms with Crippen LogP contribution in [0.15, 0.2) is 71.2 Å². The molecular weight excluding hydrogens is 512 g/mol. The Morgan fingerprint density at radius 1 is 0.970 bits per heavy atom. The van der Waals surface area contributed by atoms with Gasteiger partial charge >= 0.3 is 0 Å². The highest BCUT2D eigenvalue weighted by molar-refractivity contribution is 9.10. The highest BCUT2D eigenvalue weighted by atomic mass is 79.9. The van der Waals surface area contributed by atoms with Gasteiger partial charge in [-0.25, -0.2) is 9.96 Å². The first-order valence-electron chi connectivity index (χ1n) is 10.1. The normalized spacial score (nSPS) is 22.1. The number of halogens is 2. The van der Waals surface area contributed by atoms with Gasteiger partial charge in [-0.15, -0.1) is 0 Å². The van der Waals surface area contributed by atoms with Crippen LogP contribution in [0.5, 0.6) is 11.5 Å². The van der Waals surface area contributed by atoms with Gasteiger partial charge < -0.3 is 9.84 Å². The van der Waals surface area contributed by atoms with Gasteiger partial charge in [0, 0.05) is 15.1 Å². The van der Waals surface area contributed by atoms with Crippen molar-refractivity contribution in [1.29, 1.82) is 0 Å². The third-order valence-electron chi connectivity index (χ3n) is 5.84. The average Bonchev–Trinajstić information content (AvgIpc) is 3.32. The van der Waals surface area contributed by atoms with E-state index in [9.17, 15) is 14.7 Å². The maximum Gasteiger partial charge on any atom is 0.266 e. The molecule has 33 heavy (non-hydrogen) atoms. The molecule has 5 rings (SSSR count). The zero-order valence-electron chi connectivity index (χ0n) is 17.3. The van der Waals surface area contributed by atoms with E-state index in [1.165, 1.54) is 11.1 Å². The topological polar surface area (TPSA) is 79.3 Å². The Morgan fingerprint density at radius 2 is 1.64 bits per heavy atom. The van der Waals surface area contributed by atoms with Crippen LogP contribution in [0.3, 0.4) is 0 Å². The van der Waals surface area contributed by atoms with Crippen LogP contribution in [-0.2, 0) is 14.4 Å². The number of hydrogen-bond donors (Lipinski definition) is 1. The van der Waals surface area contributed by atoms with Gasteiger partial charge in [-0.05, 0) is 66.7 Å². The van der Waals surface area contributed by atoms with Gasteiger partial charge in [-0.3, -0.25) is 14.4 Å². The largest absolute Gasteiger partial charge is 0.508 e. The number of nitrogens with zero attached hydrogens (tertiary/aromatic N) is 2. The van der Waals surface area contributed by atoms with Crippen LogP contribution < -0.4 is 14.7 Å². The van der Waals surface area contributed by atoms with Gasteiger partial charge in [0.15, 0.2) is 6.10 Å². The summed E-state index contributed by atoms with van der Waals surface area (Å²) in [5.41, 5.74) is 1.50.